The number of nitrogens with zero attached hydrogens (tertiary/aromatic N) is 1. The molecule has 0 saturated carbocycles. The van der Waals surface area contributed by atoms with Gasteiger partial charge in [-0.3, -0.25) is 9.78 Å². The summed E-state index contributed by atoms with van der Waals surface area (Å²) in [5, 5.41) is 2.55. The lowest BCUT2D eigenvalue weighted by atomic mass is 10.1. The van der Waals surface area contributed by atoms with Crippen LogP contribution in [-0.4, -0.2) is 10.9 Å². The predicted molar refractivity (Wildman–Crippen MR) is 73.5 cm³/mol. The van der Waals surface area contributed by atoms with Crippen LogP contribution in [0.3, 0.4) is 0 Å². The molecule has 1 aromatic carbocycles. The van der Waals surface area contributed by atoms with E-state index < -0.39 is 11.7 Å². The summed E-state index contributed by atoms with van der Waals surface area (Å²) in [5.74, 6) is -0.358. The molecule has 3 nitrogen and oxygen atoms in total. The summed E-state index contributed by atoms with van der Waals surface area (Å²) in [5.41, 5.74) is 0.657. The SMILES string of the molecule is C=CC(=O)Nc1ccc(-c2cncc(C(F)(F)F)c2)cc1. The summed E-state index contributed by atoms with van der Waals surface area (Å²) >= 11 is 0. The molecule has 0 aliphatic heterocycles. The largest absolute Gasteiger partial charge is 0.417 e. The zero-order valence-corrected chi connectivity index (χ0v) is 10.8. The molecule has 1 aromatic heterocycles. The number of pyridine rings is 1. The number of carbonyl (C=O) groups excluding carboxylic acids is 1. The molecule has 0 unspecified atom stereocenters. The van der Waals surface area contributed by atoms with Crippen LogP contribution in [0.5, 0.6) is 0 Å². The first-order valence-electron chi connectivity index (χ1n) is 5.96. The van der Waals surface area contributed by atoms with Crippen molar-refractivity contribution in [1.29, 1.82) is 0 Å². The quantitative estimate of drug-likeness (QED) is 0.872. The minimum Gasteiger partial charge on any atom is -0.323 e. The molecule has 0 aliphatic carbocycles. The Morgan fingerprint density at radius 3 is 2.38 bits per heavy atom. The average Bonchev–Trinajstić information content (AvgIpc) is 2.47. The second-order valence-corrected chi connectivity index (χ2v) is 4.23. The van der Waals surface area contributed by atoms with Gasteiger partial charge in [-0.05, 0) is 29.8 Å². The molecular formula is C15H11F3N2O. The van der Waals surface area contributed by atoms with Crippen LogP contribution in [0, 0.1) is 0 Å². The summed E-state index contributed by atoms with van der Waals surface area (Å²) in [6.45, 7) is 3.33. The van der Waals surface area contributed by atoms with E-state index in [9.17, 15) is 18.0 Å². The van der Waals surface area contributed by atoms with E-state index in [1.54, 1.807) is 24.3 Å². The van der Waals surface area contributed by atoms with Crippen molar-refractivity contribution in [2.24, 2.45) is 0 Å². The third-order valence-corrected chi connectivity index (χ3v) is 2.74. The van der Waals surface area contributed by atoms with Crippen molar-refractivity contribution in [3.8, 4) is 11.1 Å². The minimum atomic E-state index is -4.43. The topological polar surface area (TPSA) is 42.0 Å². The third kappa shape index (κ3) is 3.68. The van der Waals surface area contributed by atoms with Gasteiger partial charge in [-0.25, -0.2) is 0 Å². The lowest BCUT2D eigenvalue weighted by Crippen LogP contribution is -2.07. The first kappa shape index (κ1) is 14.8. The maximum absolute atomic E-state index is 12.6. The Kier molecular flexibility index (Phi) is 4.07. The van der Waals surface area contributed by atoms with Gasteiger partial charge in [0.15, 0.2) is 0 Å². The molecule has 21 heavy (non-hydrogen) atoms. The average molecular weight is 292 g/mol. The van der Waals surface area contributed by atoms with E-state index in [4.69, 9.17) is 0 Å². The minimum absolute atomic E-state index is 0.353. The van der Waals surface area contributed by atoms with E-state index in [0.29, 0.717) is 16.8 Å². The van der Waals surface area contributed by atoms with Gasteiger partial charge < -0.3 is 5.32 Å². The van der Waals surface area contributed by atoms with Gasteiger partial charge in [0, 0.05) is 23.6 Å². The first-order valence-corrected chi connectivity index (χ1v) is 5.96. The highest BCUT2D eigenvalue weighted by atomic mass is 19.4. The van der Waals surface area contributed by atoms with Gasteiger partial charge in [0.2, 0.25) is 5.91 Å². The number of benzene rings is 1. The van der Waals surface area contributed by atoms with E-state index in [-0.39, 0.29) is 5.91 Å². The highest BCUT2D eigenvalue weighted by Crippen LogP contribution is 2.31. The van der Waals surface area contributed by atoms with Crippen LogP contribution in [0.25, 0.3) is 11.1 Å². The van der Waals surface area contributed by atoms with Crippen molar-refractivity contribution in [1.82, 2.24) is 4.98 Å². The van der Waals surface area contributed by atoms with E-state index in [1.165, 1.54) is 6.20 Å². The van der Waals surface area contributed by atoms with Crippen LogP contribution in [0.15, 0.2) is 55.4 Å². The zero-order chi connectivity index (χ0) is 15.5. The Morgan fingerprint density at radius 2 is 1.81 bits per heavy atom. The lowest BCUT2D eigenvalue weighted by molar-refractivity contribution is -0.137. The summed E-state index contributed by atoms with van der Waals surface area (Å²) < 4.78 is 37.9. The van der Waals surface area contributed by atoms with Crippen LogP contribution in [0.1, 0.15) is 5.56 Å². The maximum Gasteiger partial charge on any atom is 0.417 e. The maximum atomic E-state index is 12.6. The second kappa shape index (κ2) is 5.78. The molecule has 0 saturated heterocycles. The lowest BCUT2D eigenvalue weighted by Gasteiger charge is -2.09. The molecule has 2 rings (SSSR count). The Balaban J connectivity index is 2.27. The highest BCUT2D eigenvalue weighted by Gasteiger charge is 2.31. The Morgan fingerprint density at radius 1 is 1.14 bits per heavy atom. The molecule has 0 fully saturated rings. The number of hydrogen-bond acceptors (Lipinski definition) is 2. The van der Waals surface area contributed by atoms with Crippen LogP contribution >= 0.6 is 0 Å². The molecule has 108 valence electrons. The first-order chi connectivity index (χ1) is 9.90. The monoisotopic (exact) mass is 292 g/mol. The standard InChI is InChI=1S/C15H11F3N2O/c1-2-14(21)20-13-5-3-10(4-6-13)11-7-12(9-19-8-11)15(16,17)18/h2-9H,1H2,(H,20,21). The molecule has 0 spiro atoms. The molecule has 1 amide bonds. The summed E-state index contributed by atoms with van der Waals surface area (Å²) in [6.07, 6.45) is -1.17. The fourth-order valence-electron chi connectivity index (χ4n) is 1.69. The number of aromatic nitrogens is 1. The molecule has 0 bridgehead atoms. The Hall–Kier alpha value is -2.63. The third-order valence-electron chi connectivity index (χ3n) is 2.74. The number of carbonyl (C=O) groups is 1. The van der Waals surface area contributed by atoms with Crippen molar-refractivity contribution in [2.45, 2.75) is 6.18 Å². The zero-order valence-electron chi connectivity index (χ0n) is 10.8. The molecule has 2 aromatic rings. The van der Waals surface area contributed by atoms with E-state index in [1.807, 2.05) is 0 Å². The summed E-state index contributed by atoms with van der Waals surface area (Å²) in [4.78, 5) is 14.7. The van der Waals surface area contributed by atoms with Gasteiger partial charge in [0.25, 0.3) is 0 Å². The van der Waals surface area contributed by atoms with Gasteiger partial charge in [-0.1, -0.05) is 18.7 Å². The molecule has 0 radical (unpaired) electrons. The van der Waals surface area contributed by atoms with E-state index in [2.05, 4.69) is 16.9 Å². The van der Waals surface area contributed by atoms with Crippen LogP contribution in [0.2, 0.25) is 0 Å². The fraction of sp³-hybridized carbons (Fsp3) is 0.0667. The van der Waals surface area contributed by atoms with E-state index in [0.717, 1.165) is 18.3 Å². The molecule has 1 N–H and O–H groups in total. The number of hydrogen-bond donors (Lipinski definition) is 1. The molecular weight excluding hydrogens is 281 g/mol. The highest BCUT2D eigenvalue weighted by molar-refractivity contribution is 5.98. The number of alkyl halides is 3. The smallest absolute Gasteiger partial charge is 0.323 e. The molecule has 6 heteroatoms. The number of anilines is 1. The number of halogens is 3. The number of rotatable bonds is 3. The van der Waals surface area contributed by atoms with Gasteiger partial charge in [0.1, 0.15) is 0 Å². The van der Waals surface area contributed by atoms with Crippen molar-refractivity contribution >= 4 is 11.6 Å². The van der Waals surface area contributed by atoms with Crippen molar-refractivity contribution in [3.63, 3.8) is 0 Å². The summed E-state index contributed by atoms with van der Waals surface area (Å²) in [7, 11) is 0. The molecule has 1 heterocycles. The number of amides is 1. The van der Waals surface area contributed by atoms with Crippen LogP contribution in [0.4, 0.5) is 18.9 Å². The van der Waals surface area contributed by atoms with Crippen molar-refractivity contribution < 1.29 is 18.0 Å². The van der Waals surface area contributed by atoms with Crippen molar-refractivity contribution in [3.05, 3.63) is 60.9 Å². The molecule has 0 aliphatic rings. The van der Waals surface area contributed by atoms with Gasteiger partial charge in [-0.2, -0.15) is 13.2 Å². The van der Waals surface area contributed by atoms with Gasteiger partial charge >= 0.3 is 6.18 Å². The van der Waals surface area contributed by atoms with Crippen molar-refractivity contribution in [2.75, 3.05) is 5.32 Å². The number of nitrogens with one attached hydrogen (secondary N) is 1. The van der Waals surface area contributed by atoms with Crippen LogP contribution in [-0.2, 0) is 11.0 Å². The van der Waals surface area contributed by atoms with Gasteiger partial charge in [0.05, 0.1) is 5.56 Å². The summed E-state index contributed by atoms with van der Waals surface area (Å²) in [6, 6.07) is 7.43. The van der Waals surface area contributed by atoms with E-state index >= 15 is 0 Å². The van der Waals surface area contributed by atoms with Gasteiger partial charge in [-0.15, -0.1) is 0 Å². The Bertz CT molecular complexity index is 663. The normalized spacial score (nSPS) is 11.0. The predicted octanol–water partition coefficient (Wildman–Crippen LogP) is 3.89. The van der Waals surface area contributed by atoms with Crippen LogP contribution < -0.4 is 5.32 Å². The fourth-order valence-corrected chi connectivity index (χ4v) is 1.69. The molecule has 0 atom stereocenters. The second-order valence-electron chi connectivity index (χ2n) is 4.23. The Labute approximate surface area is 119 Å².